The van der Waals surface area contributed by atoms with Gasteiger partial charge < -0.3 is 10.1 Å². The molecule has 1 aromatic heterocycles. The maximum atomic E-state index is 11.9. The Bertz CT molecular complexity index is 909. The number of carbonyl (C=O) groups is 1. The van der Waals surface area contributed by atoms with Crippen LogP contribution in [0, 0.1) is 24.2 Å². The number of amides is 1. The van der Waals surface area contributed by atoms with Crippen LogP contribution in [0.4, 0.5) is 0 Å². The van der Waals surface area contributed by atoms with E-state index in [1.165, 1.54) is 6.42 Å². The third-order valence-electron chi connectivity index (χ3n) is 4.96. The number of nitrogens with zero attached hydrogens (tertiary/aromatic N) is 3. The van der Waals surface area contributed by atoms with Crippen LogP contribution in [0.2, 0.25) is 0 Å². The summed E-state index contributed by atoms with van der Waals surface area (Å²) in [7, 11) is 0. The Balaban J connectivity index is 1.61. The van der Waals surface area contributed by atoms with Crippen LogP contribution in [-0.2, 0) is 16.1 Å². The van der Waals surface area contributed by atoms with Crippen molar-refractivity contribution >= 4 is 5.91 Å². The maximum Gasteiger partial charge on any atom is 0.226 e. The number of aryl methyl sites for hydroxylation is 1. The van der Waals surface area contributed by atoms with Gasteiger partial charge in [0.05, 0.1) is 25.4 Å². The molecule has 0 bridgehead atoms. The molecule has 6 nitrogen and oxygen atoms in total. The number of aromatic nitrogens is 3. The molecular weight excluding hydrogens is 364 g/mol. The molecule has 6 heteroatoms. The predicted octanol–water partition coefficient (Wildman–Crippen LogP) is 3.34. The first-order valence-corrected chi connectivity index (χ1v) is 10.2. The summed E-state index contributed by atoms with van der Waals surface area (Å²) in [5, 5.41) is 11.4. The molecule has 154 valence electrons. The van der Waals surface area contributed by atoms with Crippen molar-refractivity contribution in [3.63, 3.8) is 0 Å². The van der Waals surface area contributed by atoms with Gasteiger partial charge in [-0.2, -0.15) is 0 Å². The van der Waals surface area contributed by atoms with E-state index in [1.54, 1.807) is 0 Å². The molecule has 0 aliphatic carbocycles. The molecule has 1 atom stereocenters. The Labute approximate surface area is 173 Å². The average Bonchev–Trinajstić information content (AvgIpc) is 3.13. The lowest BCUT2D eigenvalue weighted by Gasteiger charge is -2.21. The van der Waals surface area contributed by atoms with Gasteiger partial charge in [0.1, 0.15) is 5.69 Å². The Hall–Kier alpha value is -2.65. The summed E-state index contributed by atoms with van der Waals surface area (Å²) in [5.41, 5.74) is 3.51. The fourth-order valence-electron chi connectivity index (χ4n) is 3.24. The van der Waals surface area contributed by atoms with Crippen LogP contribution in [0.15, 0.2) is 24.4 Å². The smallest absolute Gasteiger partial charge is 0.226 e. The SMILES string of the molecule is Cc1cc(C#CCNC(=O)C(C)(C)C)ccc1-c1cn(CC2CCCCO2)nn1. The van der Waals surface area contributed by atoms with Gasteiger partial charge in [0, 0.05) is 23.1 Å². The van der Waals surface area contributed by atoms with Crippen molar-refractivity contribution in [1.82, 2.24) is 20.3 Å². The molecule has 0 saturated carbocycles. The highest BCUT2D eigenvalue weighted by atomic mass is 16.5. The zero-order chi connectivity index (χ0) is 20.9. The van der Waals surface area contributed by atoms with Crippen molar-refractivity contribution in [2.45, 2.75) is 59.6 Å². The van der Waals surface area contributed by atoms with Crippen molar-refractivity contribution in [2.24, 2.45) is 5.41 Å². The average molecular weight is 395 g/mol. The molecular formula is C23H30N4O2. The molecule has 0 spiro atoms. The van der Waals surface area contributed by atoms with E-state index in [0.29, 0.717) is 6.54 Å². The van der Waals surface area contributed by atoms with Gasteiger partial charge in [-0.3, -0.25) is 4.79 Å². The lowest BCUT2D eigenvalue weighted by molar-refractivity contribution is -0.128. The van der Waals surface area contributed by atoms with E-state index in [9.17, 15) is 4.79 Å². The van der Waals surface area contributed by atoms with E-state index in [1.807, 2.05) is 56.8 Å². The van der Waals surface area contributed by atoms with E-state index in [-0.39, 0.29) is 12.0 Å². The molecule has 2 aromatic rings. The van der Waals surface area contributed by atoms with Crippen LogP contribution < -0.4 is 5.32 Å². The minimum absolute atomic E-state index is 0.0000385. The number of rotatable bonds is 4. The Kier molecular flexibility index (Phi) is 6.71. The Morgan fingerprint density at radius 3 is 2.86 bits per heavy atom. The van der Waals surface area contributed by atoms with Crippen LogP contribution in [0.1, 0.15) is 51.2 Å². The highest BCUT2D eigenvalue weighted by molar-refractivity contribution is 5.81. The number of ether oxygens (including phenoxy) is 1. The van der Waals surface area contributed by atoms with E-state index < -0.39 is 5.41 Å². The van der Waals surface area contributed by atoms with E-state index in [4.69, 9.17) is 4.74 Å². The zero-order valence-electron chi connectivity index (χ0n) is 17.8. The van der Waals surface area contributed by atoms with Gasteiger partial charge in [0.15, 0.2) is 0 Å². The quantitative estimate of drug-likeness (QED) is 0.808. The Morgan fingerprint density at radius 1 is 1.34 bits per heavy atom. The second-order valence-corrected chi connectivity index (χ2v) is 8.58. The van der Waals surface area contributed by atoms with Gasteiger partial charge in [-0.15, -0.1) is 5.10 Å². The second kappa shape index (κ2) is 9.23. The van der Waals surface area contributed by atoms with Gasteiger partial charge in [-0.1, -0.05) is 43.9 Å². The van der Waals surface area contributed by atoms with Gasteiger partial charge in [0.2, 0.25) is 5.91 Å². The topological polar surface area (TPSA) is 69.0 Å². The summed E-state index contributed by atoms with van der Waals surface area (Å²) in [5.74, 6) is 6.12. The Morgan fingerprint density at radius 2 is 2.17 bits per heavy atom. The zero-order valence-corrected chi connectivity index (χ0v) is 17.8. The number of hydrogen-bond donors (Lipinski definition) is 1. The maximum absolute atomic E-state index is 11.9. The number of carbonyl (C=O) groups excluding carboxylic acids is 1. The first kappa shape index (κ1) is 21.1. The van der Waals surface area contributed by atoms with Crippen molar-refractivity contribution in [3.8, 4) is 23.1 Å². The standard InChI is InChI=1S/C23H30N4O2/c1-17-14-18(8-7-12-24-22(28)23(2,3)4)10-11-20(17)21-16-27(26-25-21)15-19-9-5-6-13-29-19/h10-11,14,16,19H,5-6,9,12-13,15H2,1-4H3,(H,24,28). The molecule has 29 heavy (non-hydrogen) atoms. The summed E-state index contributed by atoms with van der Waals surface area (Å²) in [6.45, 7) is 9.63. The van der Waals surface area contributed by atoms with Crippen LogP contribution in [0.5, 0.6) is 0 Å². The number of nitrogens with one attached hydrogen (secondary N) is 1. The monoisotopic (exact) mass is 394 g/mol. The summed E-state index contributed by atoms with van der Waals surface area (Å²) < 4.78 is 7.66. The summed E-state index contributed by atoms with van der Waals surface area (Å²) >= 11 is 0. The molecule has 1 unspecified atom stereocenters. The lowest BCUT2D eigenvalue weighted by atomic mass is 9.96. The molecule has 3 rings (SSSR count). The molecule has 1 aliphatic heterocycles. The fraction of sp³-hybridized carbons (Fsp3) is 0.522. The lowest BCUT2D eigenvalue weighted by Crippen LogP contribution is -2.34. The van der Waals surface area contributed by atoms with E-state index in [2.05, 4.69) is 27.5 Å². The van der Waals surface area contributed by atoms with E-state index in [0.717, 1.165) is 48.4 Å². The second-order valence-electron chi connectivity index (χ2n) is 8.58. The third kappa shape index (κ3) is 5.91. The molecule has 0 radical (unpaired) electrons. The van der Waals surface area contributed by atoms with Crippen LogP contribution in [-0.4, -0.2) is 40.2 Å². The number of benzene rings is 1. The third-order valence-corrected chi connectivity index (χ3v) is 4.96. The largest absolute Gasteiger partial charge is 0.376 e. The van der Waals surface area contributed by atoms with Crippen LogP contribution in [0.3, 0.4) is 0 Å². The molecule has 1 N–H and O–H groups in total. The molecule has 2 heterocycles. The highest BCUT2D eigenvalue weighted by Crippen LogP contribution is 2.22. The van der Waals surface area contributed by atoms with Crippen molar-refractivity contribution in [3.05, 3.63) is 35.5 Å². The fourth-order valence-corrected chi connectivity index (χ4v) is 3.24. The van der Waals surface area contributed by atoms with Gasteiger partial charge in [0.25, 0.3) is 0 Å². The summed E-state index contributed by atoms with van der Waals surface area (Å²) in [4.78, 5) is 11.9. The summed E-state index contributed by atoms with van der Waals surface area (Å²) in [6, 6.07) is 6.04. The highest BCUT2D eigenvalue weighted by Gasteiger charge is 2.20. The summed E-state index contributed by atoms with van der Waals surface area (Å²) in [6.07, 6.45) is 5.66. The van der Waals surface area contributed by atoms with Gasteiger partial charge >= 0.3 is 0 Å². The van der Waals surface area contributed by atoms with Crippen molar-refractivity contribution in [1.29, 1.82) is 0 Å². The van der Waals surface area contributed by atoms with E-state index >= 15 is 0 Å². The molecule has 1 aromatic carbocycles. The van der Waals surface area contributed by atoms with Crippen molar-refractivity contribution < 1.29 is 9.53 Å². The first-order chi connectivity index (χ1) is 13.8. The van der Waals surface area contributed by atoms with Crippen molar-refractivity contribution in [2.75, 3.05) is 13.2 Å². The molecule has 1 amide bonds. The number of hydrogen-bond acceptors (Lipinski definition) is 4. The van der Waals surface area contributed by atoms with Gasteiger partial charge in [-0.25, -0.2) is 4.68 Å². The predicted molar refractivity (Wildman–Crippen MR) is 113 cm³/mol. The minimum atomic E-state index is -0.402. The van der Waals surface area contributed by atoms with Crippen LogP contribution in [0.25, 0.3) is 11.3 Å². The normalized spacial score (nSPS) is 16.8. The first-order valence-electron chi connectivity index (χ1n) is 10.2. The van der Waals surface area contributed by atoms with Crippen LogP contribution >= 0.6 is 0 Å². The minimum Gasteiger partial charge on any atom is -0.376 e. The molecule has 1 saturated heterocycles. The molecule has 1 aliphatic rings. The van der Waals surface area contributed by atoms with Gasteiger partial charge in [-0.05, 0) is 43.9 Å². The molecule has 1 fully saturated rings.